The summed E-state index contributed by atoms with van der Waals surface area (Å²) in [5.41, 5.74) is 0. The highest BCUT2D eigenvalue weighted by atomic mass is 32.2. The quantitative estimate of drug-likeness (QED) is 0.777. The lowest BCUT2D eigenvalue weighted by molar-refractivity contribution is 0.176. The summed E-state index contributed by atoms with van der Waals surface area (Å²) in [4.78, 5) is 0. The maximum atomic E-state index is 5.42. The van der Waals surface area contributed by atoms with Crippen LogP contribution in [-0.4, -0.2) is 36.3 Å². The zero-order chi connectivity index (χ0) is 9.97. The van der Waals surface area contributed by atoms with Crippen molar-refractivity contribution in [3.05, 3.63) is 0 Å². The third-order valence-corrected chi connectivity index (χ3v) is 4.85. The van der Waals surface area contributed by atoms with Crippen molar-refractivity contribution in [2.45, 2.75) is 44.0 Å². The van der Waals surface area contributed by atoms with Gasteiger partial charge in [-0.05, 0) is 31.4 Å². The Balaban J connectivity index is 1.78. The molecule has 2 nitrogen and oxygen atoms in total. The van der Waals surface area contributed by atoms with Gasteiger partial charge in [0.15, 0.2) is 0 Å². The molecule has 0 aromatic rings. The van der Waals surface area contributed by atoms with Gasteiger partial charge in [0, 0.05) is 23.9 Å². The van der Waals surface area contributed by atoms with Gasteiger partial charge in [0.25, 0.3) is 0 Å². The number of thioether (sulfide) groups is 1. The molecular formula is C11H21NOS. The van der Waals surface area contributed by atoms with E-state index >= 15 is 0 Å². The molecule has 2 rings (SSSR count). The largest absolute Gasteiger partial charge is 0.381 e. The van der Waals surface area contributed by atoms with E-state index in [2.05, 4.69) is 30.9 Å². The molecule has 0 bridgehead atoms. The first-order valence-corrected chi connectivity index (χ1v) is 6.77. The zero-order valence-corrected chi connectivity index (χ0v) is 9.98. The second-order valence-electron chi connectivity index (χ2n) is 4.55. The van der Waals surface area contributed by atoms with Crippen molar-refractivity contribution in [2.75, 3.05) is 19.0 Å². The molecule has 14 heavy (non-hydrogen) atoms. The van der Waals surface area contributed by atoms with Crippen LogP contribution in [0.2, 0.25) is 0 Å². The Labute approximate surface area is 91.2 Å². The van der Waals surface area contributed by atoms with Crippen LogP contribution in [0.4, 0.5) is 0 Å². The molecule has 0 spiro atoms. The van der Waals surface area contributed by atoms with Gasteiger partial charge in [-0.1, -0.05) is 6.92 Å². The molecule has 2 aliphatic heterocycles. The number of nitrogens with one attached hydrogen (secondary N) is 1. The third kappa shape index (κ3) is 2.44. The topological polar surface area (TPSA) is 21.3 Å². The average Bonchev–Trinajstić information content (AvgIpc) is 2.77. The first-order chi connectivity index (χ1) is 6.77. The lowest BCUT2D eigenvalue weighted by Gasteiger charge is -2.25. The van der Waals surface area contributed by atoms with E-state index in [1.165, 1.54) is 18.6 Å². The summed E-state index contributed by atoms with van der Waals surface area (Å²) >= 11 is 2.10. The van der Waals surface area contributed by atoms with E-state index in [4.69, 9.17) is 4.74 Å². The highest BCUT2D eigenvalue weighted by Crippen LogP contribution is 2.27. The number of ether oxygens (including phenoxy) is 1. The SMILES string of the molecule is CC(NC1CCSC1C)C1CCOC1. The van der Waals surface area contributed by atoms with Crippen molar-refractivity contribution in [3.8, 4) is 0 Å². The summed E-state index contributed by atoms with van der Waals surface area (Å²) in [6.07, 6.45) is 2.58. The summed E-state index contributed by atoms with van der Waals surface area (Å²) in [7, 11) is 0. The predicted octanol–water partition coefficient (Wildman–Crippen LogP) is 1.90. The third-order valence-electron chi connectivity index (χ3n) is 3.53. The Morgan fingerprint density at radius 2 is 2.29 bits per heavy atom. The summed E-state index contributed by atoms with van der Waals surface area (Å²) in [6, 6.07) is 1.36. The molecule has 0 amide bonds. The maximum absolute atomic E-state index is 5.42. The Bertz CT molecular complexity index is 182. The van der Waals surface area contributed by atoms with Crippen LogP contribution in [0.15, 0.2) is 0 Å². The molecule has 0 aromatic heterocycles. The van der Waals surface area contributed by atoms with Crippen LogP contribution in [0.3, 0.4) is 0 Å². The van der Waals surface area contributed by atoms with Crippen molar-refractivity contribution in [1.82, 2.24) is 5.32 Å². The molecule has 1 N–H and O–H groups in total. The molecule has 2 aliphatic rings. The van der Waals surface area contributed by atoms with Crippen LogP contribution in [0, 0.1) is 5.92 Å². The van der Waals surface area contributed by atoms with Crippen molar-refractivity contribution in [3.63, 3.8) is 0 Å². The van der Waals surface area contributed by atoms with Crippen molar-refractivity contribution in [1.29, 1.82) is 0 Å². The minimum absolute atomic E-state index is 0.628. The van der Waals surface area contributed by atoms with E-state index in [0.29, 0.717) is 6.04 Å². The van der Waals surface area contributed by atoms with Gasteiger partial charge in [0.2, 0.25) is 0 Å². The van der Waals surface area contributed by atoms with Crippen molar-refractivity contribution >= 4 is 11.8 Å². The predicted molar refractivity (Wildman–Crippen MR) is 61.8 cm³/mol. The number of hydrogen-bond acceptors (Lipinski definition) is 3. The zero-order valence-electron chi connectivity index (χ0n) is 9.16. The molecule has 0 aromatic carbocycles. The molecule has 0 aliphatic carbocycles. The van der Waals surface area contributed by atoms with Crippen molar-refractivity contribution < 1.29 is 4.74 Å². The molecule has 0 radical (unpaired) electrons. The second-order valence-corrected chi connectivity index (χ2v) is 6.04. The normalized spacial score (nSPS) is 40.3. The maximum Gasteiger partial charge on any atom is 0.0509 e. The van der Waals surface area contributed by atoms with Crippen molar-refractivity contribution in [2.24, 2.45) is 5.92 Å². The van der Waals surface area contributed by atoms with Crippen LogP contribution < -0.4 is 5.32 Å². The summed E-state index contributed by atoms with van der Waals surface area (Å²) in [5.74, 6) is 2.07. The molecule has 0 saturated carbocycles. The van der Waals surface area contributed by atoms with E-state index in [1.807, 2.05) is 0 Å². The van der Waals surface area contributed by atoms with Crippen LogP contribution in [-0.2, 0) is 4.74 Å². The van der Waals surface area contributed by atoms with Gasteiger partial charge in [-0.2, -0.15) is 11.8 Å². The van der Waals surface area contributed by atoms with Gasteiger partial charge in [-0.25, -0.2) is 0 Å². The van der Waals surface area contributed by atoms with Gasteiger partial charge in [-0.15, -0.1) is 0 Å². The molecule has 3 heteroatoms. The average molecular weight is 215 g/mol. The lowest BCUT2D eigenvalue weighted by Crippen LogP contribution is -2.43. The second kappa shape index (κ2) is 4.86. The van der Waals surface area contributed by atoms with E-state index in [0.717, 1.165) is 30.4 Å². The Morgan fingerprint density at radius 3 is 2.86 bits per heavy atom. The standard InChI is InChI=1S/C11H21NOS/c1-8(10-3-5-13-7-10)12-11-4-6-14-9(11)2/h8-12H,3-7H2,1-2H3. The molecule has 4 unspecified atom stereocenters. The highest BCUT2D eigenvalue weighted by molar-refractivity contribution is 8.00. The van der Waals surface area contributed by atoms with E-state index in [9.17, 15) is 0 Å². The van der Waals surface area contributed by atoms with Gasteiger partial charge >= 0.3 is 0 Å². The van der Waals surface area contributed by atoms with E-state index < -0.39 is 0 Å². The number of hydrogen-bond donors (Lipinski definition) is 1. The first-order valence-electron chi connectivity index (χ1n) is 5.73. The molecule has 82 valence electrons. The highest BCUT2D eigenvalue weighted by Gasteiger charge is 2.29. The Kier molecular flexibility index (Phi) is 3.74. The molecule has 2 saturated heterocycles. The monoisotopic (exact) mass is 215 g/mol. The van der Waals surface area contributed by atoms with Crippen LogP contribution in [0.25, 0.3) is 0 Å². The number of rotatable bonds is 3. The van der Waals surface area contributed by atoms with Gasteiger partial charge in [-0.3, -0.25) is 0 Å². The molecule has 2 heterocycles. The minimum Gasteiger partial charge on any atom is -0.381 e. The summed E-state index contributed by atoms with van der Waals surface area (Å²) in [6.45, 7) is 6.58. The Hall–Kier alpha value is 0.270. The molecule has 4 atom stereocenters. The van der Waals surface area contributed by atoms with E-state index in [-0.39, 0.29) is 0 Å². The lowest BCUT2D eigenvalue weighted by atomic mass is 9.99. The van der Waals surface area contributed by atoms with Crippen LogP contribution in [0.1, 0.15) is 26.7 Å². The fourth-order valence-corrected chi connectivity index (χ4v) is 3.58. The minimum atomic E-state index is 0.628. The molecular weight excluding hydrogens is 194 g/mol. The van der Waals surface area contributed by atoms with E-state index in [1.54, 1.807) is 0 Å². The fourth-order valence-electron chi connectivity index (χ4n) is 2.37. The van der Waals surface area contributed by atoms with Gasteiger partial charge in [0.1, 0.15) is 0 Å². The smallest absolute Gasteiger partial charge is 0.0509 e. The summed E-state index contributed by atoms with van der Waals surface area (Å²) in [5, 5.41) is 4.56. The Morgan fingerprint density at radius 1 is 1.43 bits per heavy atom. The van der Waals surface area contributed by atoms with Gasteiger partial charge in [0.05, 0.1) is 6.61 Å². The summed E-state index contributed by atoms with van der Waals surface area (Å²) < 4.78 is 5.42. The van der Waals surface area contributed by atoms with Gasteiger partial charge < -0.3 is 10.1 Å². The first kappa shape index (κ1) is 10.8. The fraction of sp³-hybridized carbons (Fsp3) is 1.00. The molecule has 2 fully saturated rings. The van der Waals surface area contributed by atoms with Crippen LogP contribution >= 0.6 is 11.8 Å². The van der Waals surface area contributed by atoms with Crippen LogP contribution in [0.5, 0.6) is 0 Å².